The molecule has 1 heterocycles. The van der Waals surface area contributed by atoms with E-state index in [4.69, 9.17) is 4.74 Å². The van der Waals surface area contributed by atoms with Gasteiger partial charge in [-0.3, -0.25) is 9.59 Å². The number of amides is 1. The van der Waals surface area contributed by atoms with Crippen molar-refractivity contribution in [2.24, 2.45) is 0 Å². The predicted molar refractivity (Wildman–Crippen MR) is 111 cm³/mol. The Balaban J connectivity index is 1.80. The molecule has 3 aromatic carbocycles. The molecule has 0 spiro atoms. The first-order valence-corrected chi connectivity index (χ1v) is 9.91. The van der Waals surface area contributed by atoms with Crippen LogP contribution < -0.4 is 0 Å². The van der Waals surface area contributed by atoms with Gasteiger partial charge in [0.1, 0.15) is 5.82 Å². The number of rotatable bonds is 4. The van der Waals surface area contributed by atoms with E-state index in [0.717, 1.165) is 11.1 Å². The molecule has 0 saturated heterocycles. The lowest BCUT2D eigenvalue weighted by Crippen LogP contribution is -2.44. The number of benzene rings is 3. The molecular weight excluding hydrogens is 381 g/mol. The van der Waals surface area contributed by atoms with Crippen LogP contribution in [0, 0.1) is 5.82 Å². The normalized spacial score (nSPS) is 16.5. The van der Waals surface area contributed by atoms with Gasteiger partial charge >= 0.3 is 5.97 Å². The zero-order valence-corrected chi connectivity index (χ0v) is 16.6. The number of fused-ring (bicyclic) bond motifs is 1. The Kier molecular flexibility index (Phi) is 5.61. The smallest absolute Gasteiger partial charge is 0.303 e. The third kappa shape index (κ3) is 3.83. The van der Waals surface area contributed by atoms with Crippen LogP contribution in [0.5, 0.6) is 0 Å². The topological polar surface area (TPSA) is 46.6 Å². The maximum atomic E-state index is 14.8. The van der Waals surface area contributed by atoms with Crippen molar-refractivity contribution in [1.82, 2.24) is 4.90 Å². The molecule has 5 heteroatoms. The van der Waals surface area contributed by atoms with Crippen LogP contribution in [0.3, 0.4) is 0 Å². The maximum absolute atomic E-state index is 14.8. The van der Waals surface area contributed by atoms with Gasteiger partial charge in [0.25, 0.3) is 5.91 Å². The Bertz CT molecular complexity index is 1070. The van der Waals surface area contributed by atoms with Gasteiger partial charge in [0, 0.05) is 24.6 Å². The Morgan fingerprint density at radius 1 is 0.933 bits per heavy atom. The van der Waals surface area contributed by atoms with E-state index in [1.54, 1.807) is 47.4 Å². The number of esters is 1. The molecule has 30 heavy (non-hydrogen) atoms. The summed E-state index contributed by atoms with van der Waals surface area (Å²) in [4.78, 5) is 27.1. The number of hydrogen-bond acceptors (Lipinski definition) is 3. The summed E-state index contributed by atoms with van der Waals surface area (Å²) in [5.41, 5.74) is 2.98. The van der Waals surface area contributed by atoms with Gasteiger partial charge in [-0.05, 0) is 23.6 Å². The Hall–Kier alpha value is -3.47. The molecule has 4 nitrogen and oxygen atoms in total. The molecule has 0 aliphatic carbocycles. The van der Waals surface area contributed by atoms with Crippen LogP contribution in [0.2, 0.25) is 0 Å². The molecule has 2 atom stereocenters. The lowest BCUT2D eigenvalue weighted by Gasteiger charge is -2.39. The zero-order valence-electron chi connectivity index (χ0n) is 16.6. The number of carbonyl (C=O) groups excluding carboxylic acids is 2. The molecule has 0 unspecified atom stereocenters. The zero-order chi connectivity index (χ0) is 21.1. The minimum Gasteiger partial charge on any atom is -0.447 e. The molecule has 1 aliphatic rings. The second-order valence-corrected chi connectivity index (χ2v) is 7.30. The Morgan fingerprint density at radius 3 is 2.27 bits per heavy atom. The number of hydrogen-bond donors (Lipinski definition) is 0. The maximum Gasteiger partial charge on any atom is 0.303 e. The van der Waals surface area contributed by atoms with Gasteiger partial charge in [-0.15, -0.1) is 0 Å². The van der Waals surface area contributed by atoms with E-state index in [-0.39, 0.29) is 11.7 Å². The lowest BCUT2D eigenvalue weighted by molar-refractivity contribution is -0.160. The molecular formula is C25H22FNO3. The van der Waals surface area contributed by atoms with Crippen molar-refractivity contribution in [3.63, 3.8) is 0 Å². The summed E-state index contributed by atoms with van der Waals surface area (Å²) in [6.07, 6.45) is -0.433. The third-order valence-electron chi connectivity index (χ3n) is 5.38. The summed E-state index contributed by atoms with van der Waals surface area (Å²) < 4.78 is 20.2. The highest BCUT2D eigenvalue weighted by atomic mass is 19.1. The van der Waals surface area contributed by atoms with Gasteiger partial charge < -0.3 is 9.64 Å². The van der Waals surface area contributed by atoms with Gasteiger partial charge in [-0.25, -0.2) is 4.39 Å². The molecule has 0 fully saturated rings. The fourth-order valence-electron chi connectivity index (χ4n) is 4.04. The summed E-state index contributed by atoms with van der Waals surface area (Å²) in [6.45, 7) is 1.68. The summed E-state index contributed by atoms with van der Waals surface area (Å²) in [6, 6.07) is 22.6. The number of nitrogens with zero attached hydrogens (tertiary/aromatic N) is 1. The Morgan fingerprint density at radius 2 is 1.57 bits per heavy atom. The predicted octanol–water partition coefficient (Wildman–Crippen LogP) is 4.60. The molecule has 1 aliphatic heterocycles. The van der Waals surface area contributed by atoms with Crippen molar-refractivity contribution in [3.8, 4) is 0 Å². The molecule has 0 saturated carbocycles. The molecule has 152 valence electrons. The van der Waals surface area contributed by atoms with Crippen molar-refractivity contribution >= 4 is 11.9 Å². The highest BCUT2D eigenvalue weighted by Crippen LogP contribution is 2.38. The minimum atomic E-state index is -1.08. The fraction of sp³-hybridized carbons (Fsp3) is 0.200. The highest BCUT2D eigenvalue weighted by molar-refractivity contribution is 5.85. The summed E-state index contributed by atoms with van der Waals surface area (Å²) >= 11 is 0. The average Bonchev–Trinajstić information content (AvgIpc) is 2.77. The quantitative estimate of drug-likeness (QED) is 0.598. The molecule has 0 N–H and O–H groups in total. The van der Waals surface area contributed by atoms with Crippen LogP contribution in [-0.4, -0.2) is 23.3 Å². The van der Waals surface area contributed by atoms with Crippen molar-refractivity contribution in [2.45, 2.75) is 25.5 Å². The van der Waals surface area contributed by atoms with Crippen LogP contribution >= 0.6 is 0 Å². The summed E-state index contributed by atoms with van der Waals surface area (Å²) in [7, 11) is 0. The second-order valence-electron chi connectivity index (χ2n) is 7.30. The first-order chi connectivity index (χ1) is 14.6. The van der Waals surface area contributed by atoms with Gasteiger partial charge in [0.05, 0.1) is 6.04 Å². The first-order valence-electron chi connectivity index (χ1n) is 9.91. The van der Waals surface area contributed by atoms with Crippen LogP contribution in [0.25, 0.3) is 0 Å². The highest BCUT2D eigenvalue weighted by Gasteiger charge is 2.38. The number of ether oxygens (including phenoxy) is 1. The van der Waals surface area contributed by atoms with Gasteiger partial charge in [0.2, 0.25) is 6.10 Å². The number of halogens is 1. The van der Waals surface area contributed by atoms with Crippen LogP contribution in [0.4, 0.5) is 4.39 Å². The average molecular weight is 403 g/mol. The first kappa shape index (κ1) is 19.8. The molecule has 0 aromatic heterocycles. The van der Waals surface area contributed by atoms with Crippen molar-refractivity contribution in [1.29, 1.82) is 0 Å². The molecule has 0 bridgehead atoms. The van der Waals surface area contributed by atoms with Crippen molar-refractivity contribution in [2.75, 3.05) is 6.54 Å². The molecule has 4 rings (SSSR count). The largest absolute Gasteiger partial charge is 0.447 e. The van der Waals surface area contributed by atoms with Gasteiger partial charge in [-0.1, -0.05) is 72.8 Å². The lowest BCUT2D eigenvalue weighted by atomic mass is 9.87. The van der Waals surface area contributed by atoms with E-state index in [2.05, 4.69) is 0 Å². The van der Waals surface area contributed by atoms with Crippen molar-refractivity contribution in [3.05, 3.63) is 107 Å². The van der Waals surface area contributed by atoms with Crippen LogP contribution in [0.1, 0.15) is 41.3 Å². The fourth-order valence-corrected chi connectivity index (χ4v) is 4.04. The van der Waals surface area contributed by atoms with Gasteiger partial charge in [-0.2, -0.15) is 0 Å². The van der Waals surface area contributed by atoms with E-state index in [9.17, 15) is 14.0 Å². The van der Waals surface area contributed by atoms with E-state index < -0.39 is 18.1 Å². The third-order valence-corrected chi connectivity index (χ3v) is 5.38. The van der Waals surface area contributed by atoms with E-state index in [1.165, 1.54) is 13.0 Å². The van der Waals surface area contributed by atoms with Crippen molar-refractivity contribution < 1.29 is 18.7 Å². The number of carbonyl (C=O) groups is 2. The standard InChI is InChI=1S/C25H22FNO3/c1-17(28)30-24(19-10-3-2-4-11-19)25(29)27-16-15-18-9-5-6-12-20(18)23(27)21-13-7-8-14-22(21)26/h2-14,23-24H,15-16H2,1H3/t23-,24-/m0/s1. The molecule has 3 aromatic rings. The molecule has 1 amide bonds. The monoisotopic (exact) mass is 403 g/mol. The summed E-state index contributed by atoms with van der Waals surface area (Å²) in [5.74, 6) is -1.28. The van der Waals surface area contributed by atoms with E-state index in [0.29, 0.717) is 24.1 Å². The van der Waals surface area contributed by atoms with E-state index in [1.807, 2.05) is 30.3 Å². The van der Waals surface area contributed by atoms with E-state index >= 15 is 0 Å². The molecule has 0 radical (unpaired) electrons. The summed E-state index contributed by atoms with van der Waals surface area (Å²) in [5, 5.41) is 0. The Labute approximate surface area is 174 Å². The van der Waals surface area contributed by atoms with Crippen LogP contribution in [0.15, 0.2) is 78.9 Å². The van der Waals surface area contributed by atoms with Gasteiger partial charge in [0.15, 0.2) is 0 Å². The second kappa shape index (κ2) is 8.49. The SMILES string of the molecule is CC(=O)O[C@H](C(=O)N1CCc2ccccc2[C@H]1c1ccccc1F)c1ccccc1. The van der Waals surface area contributed by atoms with Crippen LogP contribution in [-0.2, 0) is 20.7 Å². The minimum absolute atomic E-state index is 0.362.